The maximum atomic E-state index is 12.4. The molecule has 0 spiro atoms. The number of nitrogens with zero attached hydrogens (tertiary/aromatic N) is 4. The lowest BCUT2D eigenvalue weighted by Gasteiger charge is -2.09. The molecule has 2 heterocycles. The van der Waals surface area contributed by atoms with Crippen molar-refractivity contribution in [3.8, 4) is 0 Å². The Kier molecular flexibility index (Phi) is 5.06. The molecule has 0 aliphatic heterocycles. The van der Waals surface area contributed by atoms with Gasteiger partial charge in [0.05, 0.1) is 0 Å². The number of amides is 1. The van der Waals surface area contributed by atoms with Crippen LogP contribution in [0.4, 0.5) is 5.69 Å². The molecule has 1 amide bonds. The fourth-order valence-corrected chi connectivity index (χ4v) is 3.01. The van der Waals surface area contributed by atoms with Crippen LogP contribution in [0.25, 0.3) is 0 Å². The van der Waals surface area contributed by atoms with E-state index < -0.39 is 0 Å². The van der Waals surface area contributed by atoms with Gasteiger partial charge in [-0.25, -0.2) is 9.36 Å². The monoisotopic (exact) mass is 375 g/mol. The third-order valence-corrected chi connectivity index (χ3v) is 4.65. The Balaban J connectivity index is 1.85. The second-order valence-corrected chi connectivity index (χ2v) is 6.32. The molecule has 130 valence electrons. The van der Waals surface area contributed by atoms with Crippen molar-refractivity contribution in [3.05, 3.63) is 63.9 Å². The summed E-state index contributed by atoms with van der Waals surface area (Å²) in [5.74, 6) is 0.578. The molecule has 25 heavy (non-hydrogen) atoms. The van der Waals surface area contributed by atoms with E-state index in [1.807, 2.05) is 53.8 Å². The number of benzene rings is 1. The molecule has 6 nitrogen and oxygen atoms in total. The molecule has 0 aliphatic carbocycles. The first-order valence-corrected chi connectivity index (χ1v) is 8.67. The van der Waals surface area contributed by atoms with E-state index >= 15 is 0 Å². The molecule has 0 aliphatic rings. The molecule has 8 heteroatoms. The first-order valence-electron chi connectivity index (χ1n) is 7.88. The van der Waals surface area contributed by atoms with Gasteiger partial charge < -0.3 is 5.32 Å². The quantitative estimate of drug-likeness (QED) is 0.692. The van der Waals surface area contributed by atoms with Crippen LogP contribution in [0.1, 0.15) is 18.3 Å². The first kappa shape index (κ1) is 17.4. The van der Waals surface area contributed by atoms with Gasteiger partial charge in [0, 0.05) is 29.5 Å². The summed E-state index contributed by atoms with van der Waals surface area (Å²) in [7, 11) is 0. The van der Waals surface area contributed by atoms with Crippen molar-refractivity contribution in [1.82, 2.24) is 19.1 Å². The number of aromatic nitrogens is 4. The van der Waals surface area contributed by atoms with Gasteiger partial charge in [0.25, 0.3) is 0 Å². The van der Waals surface area contributed by atoms with Crippen molar-refractivity contribution in [1.29, 1.82) is 0 Å². The van der Waals surface area contributed by atoms with E-state index in [9.17, 15) is 4.79 Å². The van der Waals surface area contributed by atoms with Crippen molar-refractivity contribution < 1.29 is 4.79 Å². The number of hydrogen-bond acceptors (Lipinski definition) is 3. The molecule has 3 aromatic rings. The van der Waals surface area contributed by atoms with Crippen LogP contribution in [0, 0.1) is 11.7 Å². The number of anilines is 1. The van der Waals surface area contributed by atoms with Gasteiger partial charge in [-0.15, -0.1) is 0 Å². The zero-order valence-corrected chi connectivity index (χ0v) is 15.5. The van der Waals surface area contributed by atoms with E-state index in [2.05, 4.69) is 10.4 Å². The number of rotatable bonds is 5. The summed E-state index contributed by atoms with van der Waals surface area (Å²) >= 11 is 11.6. The topological polar surface area (TPSA) is 56.8 Å². The average Bonchev–Trinajstić information content (AvgIpc) is 3.20. The Bertz CT molecular complexity index is 958. The van der Waals surface area contributed by atoms with Crippen LogP contribution < -0.4 is 5.32 Å². The van der Waals surface area contributed by atoms with Gasteiger partial charge in [0.1, 0.15) is 6.54 Å². The molecule has 0 fully saturated rings. The van der Waals surface area contributed by atoms with Crippen LogP contribution in [0.3, 0.4) is 0 Å². The highest BCUT2D eigenvalue weighted by Crippen LogP contribution is 2.22. The lowest BCUT2D eigenvalue weighted by Crippen LogP contribution is -2.20. The van der Waals surface area contributed by atoms with E-state index in [0.29, 0.717) is 21.9 Å². The average molecular weight is 376 g/mol. The van der Waals surface area contributed by atoms with E-state index in [1.54, 1.807) is 12.1 Å². The van der Waals surface area contributed by atoms with Crippen molar-refractivity contribution in [2.75, 3.05) is 5.32 Å². The van der Waals surface area contributed by atoms with Gasteiger partial charge in [-0.1, -0.05) is 24.6 Å². The summed E-state index contributed by atoms with van der Waals surface area (Å²) in [6, 6.07) is 9.22. The molecule has 0 radical (unpaired) electrons. The predicted molar refractivity (Wildman–Crippen MR) is 100 cm³/mol. The number of aryl methyl sites for hydroxylation is 1. The lowest BCUT2D eigenvalue weighted by atomic mass is 10.2. The molecule has 1 aromatic carbocycles. The minimum absolute atomic E-state index is 0.0338. The van der Waals surface area contributed by atoms with Gasteiger partial charge >= 0.3 is 0 Å². The maximum absolute atomic E-state index is 12.4. The summed E-state index contributed by atoms with van der Waals surface area (Å²) in [4.78, 5) is 12.4. The molecule has 2 aromatic heterocycles. The number of nitrogens with one attached hydrogen (secondary N) is 1. The fraction of sp³-hybridized carbons (Fsp3) is 0.235. The van der Waals surface area contributed by atoms with Crippen LogP contribution in [-0.4, -0.2) is 25.0 Å². The van der Waals surface area contributed by atoms with Crippen molar-refractivity contribution >= 4 is 35.4 Å². The van der Waals surface area contributed by atoms with E-state index in [0.717, 1.165) is 11.4 Å². The first-order chi connectivity index (χ1) is 12.0. The van der Waals surface area contributed by atoms with E-state index in [-0.39, 0.29) is 12.5 Å². The molecular weight excluding hydrogens is 358 g/mol. The second kappa shape index (κ2) is 7.25. The summed E-state index contributed by atoms with van der Waals surface area (Å²) in [6.07, 6.45) is 4.47. The highest BCUT2D eigenvalue weighted by molar-refractivity contribution is 7.71. The molecule has 3 rings (SSSR count). The summed E-state index contributed by atoms with van der Waals surface area (Å²) in [6.45, 7) is 3.89. The molecular formula is C17H18ClN5OS. The molecule has 0 atom stereocenters. The Hall–Kier alpha value is -2.38. The van der Waals surface area contributed by atoms with Gasteiger partial charge in [0.15, 0.2) is 5.82 Å². The summed E-state index contributed by atoms with van der Waals surface area (Å²) < 4.78 is 5.66. The minimum atomic E-state index is -0.207. The largest absolute Gasteiger partial charge is 0.324 e. The number of halogens is 1. The summed E-state index contributed by atoms with van der Waals surface area (Å²) in [5.41, 5.74) is 1.51. The van der Waals surface area contributed by atoms with Gasteiger partial charge in [-0.2, -0.15) is 5.10 Å². The highest BCUT2D eigenvalue weighted by atomic mass is 35.5. The van der Waals surface area contributed by atoms with E-state index in [1.165, 1.54) is 4.68 Å². The zero-order chi connectivity index (χ0) is 18.0. The van der Waals surface area contributed by atoms with Crippen LogP contribution in [0.15, 0.2) is 42.7 Å². The third-order valence-electron chi connectivity index (χ3n) is 3.85. The number of carbonyl (C=O) groups is 1. The third kappa shape index (κ3) is 3.52. The van der Waals surface area contributed by atoms with Crippen LogP contribution in [0.5, 0.6) is 0 Å². The number of carbonyl (C=O) groups excluding carboxylic acids is 1. The summed E-state index contributed by atoms with van der Waals surface area (Å²) in [5, 5.41) is 7.95. The van der Waals surface area contributed by atoms with Crippen molar-refractivity contribution in [2.45, 2.75) is 26.8 Å². The smallest absolute Gasteiger partial charge is 0.246 e. The van der Waals surface area contributed by atoms with Crippen LogP contribution >= 0.6 is 23.8 Å². The second-order valence-electron chi connectivity index (χ2n) is 5.55. The normalized spacial score (nSPS) is 10.8. The van der Waals surface area contributed by atoms with Crippen molar-refractivity contribution in [2.24, 2.45) is 0 Å². The highest BCUT2D eigenvalue weighted by Gasteiger charge is 2.14. The molecule has 0 saturated heterocycles. The molecule has 0 saturated carbocycles. The SMILES string of the molecule is CCc1nn(CC(=O)Nc2cccc(Cl)c2C)c(=S)n1-n1cccc1. The standard InChI is InChI=1S/C17H18ClN5OS/c1-3-15-20-22(17(25)23(15)21-9-4-5-10-21)11-16(24)19-14-8-6-7-13(18)12(14)2/h4-10H,3,11H2,1-2H3,(H,19,24). The maximum Gasteiger partial charge on any atom is 0.246 e. The predicted octanol–water partition coefficient (Wildman–Crippen LogP) is 3.69. The zero-order valence-electron chi connectivity index (χ0n) is 13.9. The minimum Gasteiger partial charge on any atom is -0.324 e. The van der Waals surface area contributed by atoms with Gasteiger partial charge in [0.2, 0.25) is 10.7 Å². The Morgan fingerprint density at radius 1 is 1.28 bits per heavy atom. The molecule has 0 unspecified atom stereocenters. The van der Waals surface area contributed by atoms with E-state index in [4.69, 9.17) is 23.8 Å². The number of hydrogen-bond donors (Lipinski definition) is 1. The molecule has 1 N–H and O–H groups in total. The lowest BCUT2D eigenvalue weighted by molar-refractivity contribution is -0.116. The Labute approximate surface area is 155 Å². The Morgan fingerprint density at radius 3 is 2.68 bits per heavy atom. The van der Waals surface area contributed by atoms with Crippen LogP contribution in [-0.2, 0) is 17.8 Å². The van der Waals surface area contributed by atoms with Crippen molar-refractivity contribution in [3.63, 3.8) is 0 Å². The van der Waals surface area contributed by atoms with Gasteiger partial charge in [-0.05, 0) is 49.0 Å². The molecule has 0 bridgehead atoms. The Morgan fingerprint density at radius 2 is 2.00 bits per heavy atom. The van der Waals surface area contributed by atoms with Gasteiger partial charge in [-0.3, -0.25) is 9.47 Å². The van der Waals surface area contributed by atoms with Crippen LogP contribution in [0.2, 0.25) is 5.02 Å². The fourth-order valence-electron chi connectivity index (χ4n) is 2.53.